The van der Waals surface area contributed by atoms with Crippen LogP contribution in [0.5, 0.6) is 0 Å². The lowest BCUT2D eigenvalue weighted by Gasteiger charge is -1.98. The largest absolute Gasteiger partial charge is 0.256 e. The standard InChI is InChI=1S/C15H9N3/c16-10-13-6-4-12(5-7-13)9-14(11-17)15-3-1-2-8-18-15/h1-9H/b14-9+. The maximum absolute atomic E-state index is 9.13. The predicted octanol–water partition coefficient (Wildman–Crippen LogP) is 3.02. The Bertz CT molecular complexity index is 641. The number of rotatable bonds is 2. The van der Waals surface area contributed by atoms with Crippen LogP contribution in [0.15, 0.2) is 48.7 Å². The van der Waals surface area contributed by atoms with Crippen molar-refractivity contribution in [2.45, 2.75) is 0 Å². The third-order valence-electron chi connectivity index (χ3n) is 2.41. The van der Waals surface area contributed by atoms with Crippen LogP contribution in [0.4, 0.5) is 0 Å². The van der Waals surface area contributed by atoms with E-state index in [0.29, 0.717) is 16.8 Å². The van der Waals surface area contributed by atoms with Crippen molar-refractivity contribution in [3.63, 3.8) is 0 Å². The van der Waals surface area contributed by atoms with E-state index in [1.807, 2.05) is 6.07 Å². The molecule has 18 heavy (non-hydrogen) atoms. The number of benzene rings is 1. The zero-order valence-electron chi connectivity index (χ0n) is 9.54. The summed E-state index contributed by atoms with van der Waals surface area (Å²) < 4.78 is 0. The zero-order chi connectivity index (χ0) is 12.8. The Hall–Kier alpha value is -2.91. The van der Waals surface area contributed by atoms with Crippen molar-refractivity contribution in [1.29, 1.82) is 10.5 Å². The van der Waals surface area contributed by atoms with Gasteiger partial charge in [-0.3, -0.25) is 4.98 Å². The van der Waals surface area contributed by atoms with Gasteiger partial charge < -0.3 is 0 Å². The summed E-state index contributed by atoms with van der Waals surface area (Å²) in [7, 11) is 0. The highest BCUT2D eigenvalue weighted by atomic mass is 14.7. The molecule has 0 atom stereocenters. The second-order valence-corrected chi connectivity index (χ2v) is 3.62. The molecule has 0 fully saturated rings. The van der Waals surface area contributed by atoms with E-state index in [1.165, 1.54) is 0 Å². The Morgan fingerprint density at radius 2 is 1.83 bits per heavy atom. The first-order valence-corrected chi connectivity index (χ1v) is 5.37. The SMILES string of the molecule is N#C/C(=C\c1ccc(C#N)cc1)c1ccccn1. The van der Waals surface area contributed by atoms with Crippen molar-refractivity contribution in [1.82, 2.24) is 4.98 Å². The van der Waals surface area contributed by atoms with E-state index in [9.17, 15) is 0 Å². The van der Waals surface area contributed by atoms with Crippen LogP contribution < -0.4 is 0 Å². The molecule has 0 spiro atoms. The topological polar surface area (TPSA) is 60.5 Å². The van der Waals surface area contributed by atoms with E-state index >= 15 is 0 Å². The molecule has 0 radical (unpaired) electrons. The summed E-state index contributed by atoms with van der Waals surface area (Å²) >= 11 is 0. The Balaban J connectivity index is 2.36. The van der Waals surface area contributed by atoms with Gasteiger partial charge in [0.05, 0.1) is 22.9 Å². The summed E-state index contributed by atoms with van der Waals surface area (Å²) in [6, 6.07) is 16.7. The van der Waals surface area contributed by atoms with Gasteiger partial charge in [-0.25, -0.2) is 0 Å². The number of allylic oxidation sites excluding steroid dienone is 1. The molecule has 0 unspecified atom stereocenters. The van der Waals surface area contributed by atoms with E-state index in [0.717, 1.165) is 5.56 Å². The lowest BCUT2D eigenvalue weighted by Crippen LogP contribution is -1.86. The highest BCUT2D eigenvalue weighted by molar-refractivity contribution is 5.88. The van der Waals surface area contributed by atoms with Gasteiger partial charge in [-0.15, -0.1) is 0 Å². The van der Waals surface area contributed by atoms with Gasteiger partial charge in [0, 0.05) is 6.20 Å². The van der Waals surface area contributed by atoms with Crippen molar-refractivity contribution in [3.05, 3.63) is 65.5 Å². The van der Waals surface area contributed by atoms with Crippen LogP contribution in [-0.2, 0) is 0 Å². The third kappa shape index (κ3) is 2.61. The first kappa shape index (κ1) is 11.6. The molecule has 2 rings (SSSR count). The monoisotopic (exact) mass is 231 g/mol. The van der Waals surface area contributed by atoms with E-state index < -0.39 is 0 Å². The van der Waals surface area contributed by atoms with Gasteiger partial charge in [-0.1, -0.05) is 18.2 Å². The summed E-state index contributed by atoms with van der Waals surface area (Å²) in [4.78, 5) is 4.14. The number of hydrogen-bond donors (Lipinski definition) is 0. The molecule has 0 N–H and O–H groups in total. The minimum absolute atomic E-state index is 0.500. The van der Waals surface area contributed by atoms with Crippen LogP contribution in [0, 0.1) is 22.7 Å². The van der Waals surface area contributed by atoms with Crippen molar-refractivity contribution >= 4 is 11.6 Å². The molecule has 2 aromatic rings. The molecular weight excluding hydrogens is 222 g/mol. The van der Waals surface area contributed by atoms with Gasteiger partial charge in [0.1, 0.15) is 6.07 Å². The quantitative estimate of drug-likeness (QED) is 0.746. The van der Waals surface area contributed by atoms with Crippen LogP contribution in [0.1, 0.15) is 16.8 Å². The molecule has 0 aliphatic heterocycles. The number of hydrogen-bond acceptors (Lipinski definition) is 3. The van der Waals surface area contributed by atoms with Crippen LogP contribution in [-0.4, -0.2) is 4.98 Å². The van der Waals surface area contributed by atoms with Crippen LogP contribution in [0.25, 0.3) is 11.6 Å². The molecule has 1 aromatic carbocycles. The van der Waals surface area contributed by atoms with E-state index in [-0.39, 0.29) is 0 Å². The lowest BCUT2D eigenvalue weighted by atomic mass is 10.1. The van der Waals surface area contributed by atoms with Crippen LogP contribution >= 0.6 is 0 Å². The Morgan fingerprint density at radius 3 is 2.39 bits per heavy atom. The highest BCUT2D eigenvalue weighted by Gasteiger charge is 2.01. The Kier molecular flexibility index (Phi) is 3.49. The number of nitrogens with zero attached hydrogens (tertiary/aromatic N) is 3. The van der Waals surface area contributed by atoms with Crippen molar-refractivity contribution in [3.8, 4) is 12.1 Å². The maximum Gasteiger partial charge on any atom is 0.101 e. The number of aromatic nitrogens is 1. The molecule has 3 heteroatoms. The molecule has 1 heterocycles. The molecule has 0 aliphatic rings. The Labute approximate surface area is 105 Å². The van der Waals surface area contributed by atoms with Crippen LogP contribution in [0.2, 0.25) is 0 Å². The zero-order valence-corrected chi connectivity index (χ0v) is 9.54. The molecule has 0 aliphatic carbocycles. The first-order valence-electron chi connectivity index (χ1n) is 5.37. The fourth-order valence-corrected chi connectivity index (χ4v) is 1.51. The number of pyridine rings is 1. The summed E-state index contributed by atoms with van der Waals surface area (Å²) in [5, 5.41) is 17.8. The minimum Gasteiger partial charge on any atom is -0.256 e. The molecule has 3 nitrogen and oxygen atoms in total. The minimum atomic E-state index is 0.500. The second-order valence-electron chi connectivity index (χ2n) is 3.62. The van der Waals surface area contributed by atoms with Gasteiger partial charge in [0.2, 0.25) is 0 Å². The normalized spacial score (nSPS) is 10.4. The van der Waals surface area contributed by atoms with Crippen LogP contribution in [0.3, 0.4) is 0 Å². The van der Waals surface area contributed by atoms with Gasteiger partial charge in [0.15, 0.2) is 0 Å². The smallest absolute Gasteiger partial charge is 0.101 e. The molecule has 0 bridgehead atoms. The van der Waals surface area contributed by atoms with E-state index in [1.54, 1.807) is 48.7 Å². The predicted molar refractivity (Wildman–Crippen MR) is 68.9 cm³/mol. The average Bonchev–Trinajstić information content (AvgIpc) is 2.46. The van der Waals surface area contributed by atoms with Gasteiger partial charge in [-0.2, -0.15) is 10.5 Å². The van der Waals surface area contributed by atoms with E-state index in [4.69, 9.17) is 10.5 Å². The number of nitriles is 2. The first-order chi connectivity index (χ1) is 8.83. The summed E-state index contributed by atoms with van der Waals surface area (Å²) in [6.45, 7) is 0. The fraction of sp³-hybridized carbons (Fsp3) is 0. The molecule has 84 valence electrons. The van der Waals surface area contributed by atoms with Crippen molar-refractivity contribution < 1.29 is 0 Å². The van der Waals surface area contributed by atoms with Gasteiger partial charge >= 0.3 is 0 Å². The van der Waals surface area contributed by atoms with Crippen molar-refractivity contribution in [2.24, 2.45) is 0 Å². The molecule has 0 saturated carbocycles. The molecule has 0 amide bonds. The fourth-order valence-electron chi connectivity index (χ4n) is 1.51. The molecular formula is C15H9N3. The lowest BCUT2D eigenvalue weighted by molar-refractivity contribution is 1.28. The average molecular weight is 231 g/mol. The molecule has 0 saturated heterocycles. The van der Waals surface area contributed by atoms with Gasteiger partial charge in [0.25, 0.3) is 0 Å². The maximum atomic E-state index is 9.13. The second kappa shape index (κ2) is 5.43. The van der Waals surface area contributed by atoms with Gasteiger partial charge in [-0.05, 0) is 35.9 Å². The Morgan fingerprint density at radius 1 is 1.06 bits per heavy atom. The highest BCUT2D eigenvalue weighted by Crippen LogP contribution is 2.15. The summed E-state index contributed by atoms with van der Waals surface area (Å²) in [5.74, 6) is 0. The molecule has 1 aromatic heterocycles. The summed E-state index contributed by atoms with van der Waals surface area (Å²) in [6.07, 6.45) is 3.41. The third-order valence-corrected chi connectivity index (χ3v) is 2.41. The summed E-state index contributed by atoms with van der Waals surface area (Å²) in [5.41, 5.74) is 2.62. The van der Waals surface area contributed by atoms with Crippen molar-refractivity contribution in [2.75, 3.05) is 0 Å². The van der Waals surface area contributed by atoms with E-state index in [2.05, 4.69) is 17.1 Å².